The van der Waals surface area contributed by atoms with Crippen LogP contribution in [0.4, 0.5) is 5.69 Å². The van der Waals surface area contributed by atoms with E-state index in [1.807, 2.05) is 100 Å². The van der Waals surface area contributed by atoms with Crippen molar-refractivity contribution in [3.8, 4) is 0 Å². The molecule has 2 atom stereocenters. The predicted molar refractivity (Wildman–Crippen MR) is 174 cm³/mol. The van der Waals surface area contributed by atoms with Crippen LogP contribution in [-0.2, 0) is 32.6 Å². The second-order valence-electron chi connectivity index (χ2n) is 11.0. The number of benzene rings is 3. The number of carbonyl (C=O) groups excluding carboxylic acids is 2. The molecule has 0 heterocycles. The van der Waals surface area contributed by atoms with Crippen molar-refractivity contribution >= 4 is 43.5 Å². The fourth-order valence-corrected chi connectivity index (χ4v) is 6.09. The van der Waals surface area contributed by atoms with E-state index in [0.717, 1.165) is 33.1 Å². The van der Waals surface area contributed by atoms with Gasteiger partial charge >= 0.3 is 0 Å². The highest BCUT2D eigenvalue weighted by atomic mass is 79.9. The van der Waals surface area contributed by atoms with E-state index in [1.165, 1.54) is 10.6 Å². The van der Waals surface area contributed by atoms with Gasteiger partial charge in [-0.3, -0.25) is 13.9 Å². The molecule has 0 spiro atoms. The molecule has 3 rings (SSSR count). The second-order valence-corrected chi connectivity index (χ2v) is 13.8. The minimum Gasteiger partial charge on any atom is -0.352 e. The molecule has 2 amide bonds. The number of anilines is 1. The van der Waals surface area contributed by atoms with Gasteiger partial charge in [-0.15, -0.1) is 0 Å². The van der Waals surface area contributed by atoms with E-state index in [1.54, 1.807) is 4.90 Å². The molecule has 7 nitrogen and oxygen atoms in total. The Morgan fingerprint density at radius 1 is 0.929 bits per heavy atom. The van der Waals surface area contributed by atoms with Crippen LogP contribution in [0, 0.1) is 13.8 Å². The summed E-state index contributed by atoms with van der Waals surface area (Å²) < 4.78 is 27.8. The van der Waals surface area contributed by atoms with E-state index in [0.29, 0.717) is 18.5 Å². The van der Waals surface area contributed by atoms with E-state index >= 15 is 0 Å². The van der Waals surface area contributed by atoms with Crippen LogP contribution in [0.3, 0.4) is 0 Å². The van der Waals surface area contributed by atoms with E-state index in [4.69, 9.17) is 0 Å². The summed E-state index contributed by atoms with van der Waals surface area (Å²) in [5.41, 5.74) is 4.37. The number of hydrogen-bond acceptors (Lipinski definition) is 4. The van der Waals surface area contributed by atoms with Gasteiger partial charge in [0.2, 0.25) is 21.8 Å². The summed E-state index contributed by atoms with van der Waals surface area (Å²) in [6, 6.07) is 22.3. The molecule has 1 N–H and O–H groups in total. The molecule has 0 saturated heterocycles. The number of amides is 2. The number of hydrogen-bond donors (Lipinski definition) is 1. The van der Waals surface area contributed by atoms with Gasteiger partial charge in [0.15, 0.2) is 0 Å². The highest BCUT2D eigenvalue weighted by Gasteiger charge is 2.31. The lowest BCUT2D eigenvalue weighted by Gasteiger charge is -2.32. The van der Waals surface area contributed by atoms with Crippen molar-refractivity contribution in [1.82, 2.24) is 10.2 Å². The maximum absolute atomic E-state index is 14.0. The number of aryl methyl sites for hydroxylation is 2. The van der Waals surface area contributed by atoms with Crippen LogP contribution in [-0.4, -0.2) is 50.0 Å². The summed E-state index contributed by atoms with van der Waals surface area (Å²) in [6.45, 7) is 8.22. The highest BCUT2D eigenvalue weighted by Crippen LogP contribution is 2.23. The van der Waals surface area contributed by atoms with Crippen LogP contribution in [0.2, 0.25) is 0 Å². The molecule has 3 aromatic rings. The van der Waals surface area contributed by atoms with Gasteiger partial charge < -0.3 is 10.2 Å². The first-order valence-corrected chi connectivity index (χ1v) is 17.0. The third-order valence-electron chi connectivity index (χ3n) is 7.18. The highest BCUT2D eigenvalue weighted by molar-refractivity contribution is 9.10. The largest absolute Gasteiger partial charge is 0.352 e. The molecule has 226 valence electrons. The molecular weight excluding hydrogens is 614 g/mol. The van der Waals surface area contributed by atoms with Crippen molar-refractivity contribution in [2.24, 2.45) is 0 Å². The van der Waals surface area contributed by atoms with E-state index < -0.39 is 16.1 Å². The summed E-state index contributed by atoms with van der Waals surface area (Å²) in [5, 5.41) is 3.08. The third kappa shape index (κ3) is 9.98. The van der Waals surface area contributed by atoms with Crippen LogP contribution >= 0.6 is 15.9 Å². The van der Waals surface area contributed by atoms with Gasteiger partial charge in [-0.05, 0) is 80.1 Å². The number of nitrogens with zero attached hydrogens (tertiary/aromatic N) is 2. The maximum atomic E-state index is 14.0. The monoisotopic (exact) mass is 655 g/mol. The molecule has 3 aromatic carbocycles. The van der Waals surface area contributed by atoms with Crippen molar-refractivity contribution in [2.45, 2.75) is 72.0 Å². The Labute approximate surface area is 259 Å². The SMILES string of the molecule is CC[C@@H](C)NC(=O)[C@@H](Cc1ccccc1)N(Cc1ccc(Br)cc1)C(=O)CCCN(c1cc(C)cc(C)c1)S(C)(=O)=O. The second kappa shape index (κ2) is 15.3. The lowest BCUT2D eigenvalue weighted by atomic mass is 10.0. The lowest BCUT2D eigenvalue weighted by molar-refractivity contribution is -0.141. The number of carbonyl (C=O) groups is 2. The zero-order valence-corrected chi connectivity index (χ0v) is 27.5. The lowest BCUT2D eigenvalue weighted by Crippen LogP contribution is -2.52. The summed E-state index contributed by atoms with van der Waals surface area (Å²) in [4.78, 5) is 29.3. The topological polar surface area (TPSA) is 86.8 Å². The Balaban J connectivity index is 1.90. The molecule has 0 radical (unpaired) electrons. The molecule has 9 heteroatoms. The summed E-state index contributed by atoms with van der Waals surface area (Å²) in [6.07, 6.45) is 2.71. The fourth-order valence-electron chi connectivity index (χ4n) is 4.88. The van der Waals surface area contributed by atoms with Crippen LogP contribution < -0.4 is 9.62 Å². The number of sulfonamides is 1. The molecule has 0 bridgehead atoms. The molecule has 0 unspecified atom stereocenters. The van der Waals surface area contributed by atoms with Gasteiger partial charge in [-0.2, -0.15) is 0 Å². The first-order chi connectivity index (χ1) is 19.9. The maximum Gasteiger partial charge on any atom is 0.243 e. The van der Waals surface area contributed by atoms with Crippen LogP contribution in [0.25, 0.3) is 0 Å². The molecule has 0 aliphatic rings. The number of rotatable bonds is 14. The van der Waals surface area contributed by atoms with Crippen LogP contribution in [0.15, 0.2) is 77.3 Å². The van der Waals surface area contributed by atoms with Crippen molar-refractivity contribution in [3.63, 3.8) is 0 Å². The Hall–Kier alpha value is -3.17. The van der Waals surface area contributed by atoms with Gasteiger partial charge in [-0.25, -0.2) is 8.42 Å². The molecule has 0 fully saturated rings. The van der Waals surface area contributed by atoms with Crippen molar-refractivity contribution < 1.29 is 18.0 Å². The minimum atomic E-state index is -3.57. The van der Waals surface area contributed by atoms with E-state index in [9.17, 15) is 18.0 Å². The van der Waals surface area contributed by atoms with Crippen LogP contribution in [0.5, 0.6) is 0 Å². The Kier molecular flexibility index (Phi) is 12.2. The summed E-state index contributed by atoms with van der Waals surface area (Å²) >= 11 is 3.47. The smallest absolute Gasteiger partial charge is 0.243 e. The van der Waals surface area contributed by atoms with E-state index in [-0.39, 0.29) is 37.4 Å². The predicted octanol–water partition coefficient (Wildman–Crippen LogP) is 6.17. The third-order valence-corrected chi connectivity index (χ3v) is 8.91. The zero-order valence-electron chi connectivity index (χ0n) is 25.1. The summed E-state index contributed by atoms with van der Waals surface area (Å²) in [5.74, 6) is -0.404. The Morgan fingerprint density at radius 2 is 1.55 bits per heavy atom. The quantitative estimate of drug-likeness (QED) is 0.225. The zero-order chi connectivity index (χ0) is 30.9. The first-order valence-electron chi connectivity index (χ1n) is 14.3. The Bertz CT molecular complexity index is 1430. The number of halogens is 1. The molecule has 0 aromatic heterocycles. The molecule has 0 aliphatic heterocycles. The van der Waals surface area contributed by atoms with Gasteiger partial charge in [0.25, 0.3) is 0 Å². The standard InChI is InChI=1S/C33H42BrN3O4S/c1-6-26(4)35-33(39)31(22-27-11-8-7-9-12-27)36(23-28-14-16-29(34)17-15-28)32(38)13-10-18-37(42(5,40)41)30-20-24(2)19-25(3)21-30/h7-9,11-12,14-17,19-21,26,31H,6,10,13,18,22-23H2,1-5H3,(H,35,39)/t26-,31-/m1/s1. The van der Waals surface area contributed by atoms with Crippen molar-refractivity contribution in [3.05, 3.63) is 99.5 Å². The molecule has 0 saturated carbocycles. The average Bonchev–Trinajstić information content (AvgIpc) is 2.93. The van der Waals surface area contributed by atoms with E-state index in [2.05, 4.69) is 21.2 Å². The van der Waals surface area contributed by atoms with Crippen molar-refractivity contribution in [1.29, 1.82) is 0 Å². The van der Waals surface area contributed by atoms with Crippen molar-refractivity contribution in [2.75, 3.05) is 17.1 Å². The van der Waals surface area contributed by atoms with Gasteiger partial charge in [-0.1, -0.05) is 71.4 Å². The Morgan fingerprint density at radius 3 is 2.12 bits per heavy atom. The molecular formula is C33H42BrN3O4S. The van der Waals surface area contributed by atoms with Gasteiger partial charge in [0, 0.05) is 36.4 Å². The van der Waals surface area contributed by atoms with Gasteiger partial charge in [0.05, 0.1) is 11.9 Å². The molecule has 42 heavy (non-hydrogen) atoms. The van der Waals surface area contributed by atoms with Crippen LogP contribution in [0.1, 0.15) is 55.4 Å². The van der Waals surface area contributed by atoms with Gasteiger partial charge in [0.1, 0.15) is 6.04 Å². The average molecular weight is 657 g/mol. The fraction of sp³-hybridized carbons (Fsp3) is 0.394. The summed E-state index contributed by atoms with van der Waals surface area (Å²) in [7, 11) is -3.57. The minimum absolute atomic E-state index is 0.0403. The first kappa shape index (κ1) is 33.3. The molecule has 0 aliphatic carbocycles. The number of nitrogens with one attached hydrogen (secondary N) is 1. The normalized spacial score (nSPS) is 12.8.